The third-order valence-electron chi connectivity index (χ3n) is 5.06. The predicted octanol–water partition coefficient (Wildman–Crippen LogP) is 4.69. The summed E-state index contributed by atoms with van der Waals surface area (Å²) in [5.74, 6) is 2.60. The van der Waals surface area contributed by atoms with Gasteiger partial charge in [-0.3, -0.25) is 0 Å². The Morgan fingerprint density at radius 2 is 1.80 bits per heavy atom. The van der Waals surface area contributed by atoms with Crippen LogP contribution in [-0.4, -0.2) is 12.6 Å². The molecular formula is C18H26ClN. The lowest BCUT2D eigenvalue weighted by molar-refractivity contribution is 0.183. The largest absolute Gasteiger partial charge is 0.314 e. The van der Waals surface area contributed by atoms with Crippen molar-refractivity contribution in [2.45, 2.75) is 51.5 Å². The van der Waals surface area contributed by atoms with Crippen LogP contribution in [0.3, 0.4) is 0 Å². The van der Waals surface area contributed by atoms with E-state index in [2.05, 4.69) is 24.4 Å². The van der Waals surface area contributed by atoms with Gasteiger partial charge in [0, 0.05) is 11.1 Å². The molecule has 0 spiro atoms. The maximum Gasteiger partial charge on any atom is 0.0406 e. The zero-order chi connectivity index (χ0) is 13.9. The molecule has 0 aromatic heterocycles. The fourth-order valence-corrected chi connectivity index (χ4v) is 3.73. The molecule has 3 unspecified atom stereocenters. The van der Waals surface area contributed by atoms with Gasteiger partial charge in [0.1, 0.15) is 0 Å². The van der Waals surface area contributed by atoms with Gasteiger partial charge < -0.3 is 5.32 Å². The maximum atomic E-state index is 5.99. The van der Waals surface area contributed by atoms with Crippen LogP contribution in [0.25, 0.3) is 0 Å². The summed E-state index contributed by atoms with van der Waals surface area (Å²) in [7, 11) is 0. The number of nitrogens with one attached hydrogen (secondary N) is 1. The van der Waals surface area contributed by atoms with Crippen molar-refractivity contribution in [3.8, 4) is 0 Å². The number of benzene rings is 1. The molecule has 0 radical (unpaired) electrons. The summed E-state index contributed by atoms with van der Waals surface area (Å²) >= 11 is 5.99. The number of hydrogen-bond acceptors (Lipinski definition) is 1. The molecule has 3 rings (SSSR count). The van der Waals surface area contributed by atoms with Crippen molar-refractivity contribution >= 4 is 11.6 Å². The molecule has 1 aromatic rings. The quantitative estimate of drug-likeness (QED) is 0.830. The van der Waals surface area contributed by atoms with Gasteiger partial charge in [-0.25, -0.2) is 0 Å². The van der Waals surface area contributed by atoms with Crippen molar-refractivity contribution in [1.29, 1.82) is 0 Å². The number of rotatable bonds is 5. The second-order valence-corrected chi connectivity index (χ2v) is 7.39. The van der Waals surface area contributed by atoms with Crippen molar-refractivity contribution in [2.75, 3.05) is 6.54 Å². The standard InChI is InChI=1S/C18H26ClN/c1-13-2-5-15(12-20-18-8-9-18)16(10-13)11-14-3-6-17(19)7-4-14/h3-4,6-7,13,15-16,18,20H,2,5,8-12H2,1H3. The molecule has 0 bridgehead atoms. The van der Waals surface area contributed by atoms with Crippen LogP contribution in [0.5, 0.6) is 0 Å². The Balaban J connectivity index is 1.60. The second-order valence-electron chi connectivity index (χ2n) is 6.95. The Morgan fingerprint density at radius 3 is 2.50 bits per heavy atom. The SMILES string of the molecule is CC1CCC(CNC2CC2)C(Cc2ccc(Cl)cc2)C1. The number of hydrogen-bond donors (Lipinski definition) is 1. The van der Waals surface area contributed by atoms with Gasteiger partial charge in [-0.2, -0.15) is 0 Å². The Labute approximate surface area is 128 Å². The van der Waals surface area contributed by atoms with E-state index < -0.39 is 0 Å². The first-order valence-electron chi connectivity index (χ1n) is 8.18. The third-order valence-corrected chi connectivity index (χ3v) is 5.31. The molecule has 2 aliphatic carbocycles. The highest BCUT2D eigenvalue weighted by Crippen LogP contribution is 2.36. The second kappa shape index (κ2) is 6.49. The summed E-state index contributed by atoms with van der Waals surface area (Å²) in [5.41, 5.74) is 1.45. The van der Waals surface area contributed by atoms with Gasteiger partial charge >= 0.3 is 0 Å². The minimum absolute atomic E-state index is 0.838. The molecule has 20 heavy (non-hydrogen) atoms. The Morgan fingerprint density at radius 1 is 1.05 bits per heavy atom. The van der Waals surface area contributed by atoms with Crippen molar-refractivity contribution in [2.24, 2.45) is 17.8 Å². The lowest BCUT2D eigenvalue weighted by atomic mass is 9.72. The topological polar surface area (TPSA) is 12.0 Å². The molecule has 2 fully saturated rings. The van der Waals surface area contributed by atoms with Crippen LogP contribution in [0.4, 0.5) is 0 Å². The summed E-state index contributed by atoms with van der Waals surface area (Å²) in [6.07, 6.45) is 8.21. The molecule has 110 valence electrons. The Hall–Kier alpha value is -0.530. The van der Waals surface area contributed by atoms with Gasteiger partial charge in [-0.1, -0.05) is 37.1 Å². The van der Waals surface area contributed by atoms with Crippen molar-refractivity contribution in [3.63, 3.8) is 0 Å². The first-order valence-corrected chi connectivity index (χ1v) is 8.56. The van der Waals surface area contributed by atoms with Gasteiger partial charge in [-0.05, 0) is 74.1 Å². The normalized spacial score (nSPS) is 30.4. The van der Waals surface area contributed by atoms with E-state index in [0.717, 1.165) is 28.8 Å². The monoisotopic (exact) mass is 291 g/mol. The zero-order valence-corrected chi connectivity index (χ0v) is 13.2. The smallest absolute Gasteiger partial charge is 0.0406 e. The predicted molar refractivity (Wildman–Crippen MR) is 86.2 cm³/mol. The van der Waals surface area contributed by atoms with Gasteiger partial charge in [0.05, 0.1) is 0 Å². The molecular weight excluding hydrogens is 266 g/mol. The molecule has 0 aliphatic heterocycles. The first kappa shape index (κ1) is 14.4. The molecule has 3 atom stereocenters. The highest BCUT2D eigenvalue weighted by molar-refractivity contribution is 6.30. The van der Waals surface area contributed by atoms with Crippen LogP contribution in [0, 0.1) is 17.8 Å². The maximum absolute atomic E-state index is 5.99. The minimum Gasteiger partial charge on any atom is -0.314 e. The zero-order valence-electron chi connectivity index (χ0n) is 12.4. The lowest BCUT2D eigenvalue weighted by Gasteiger charge is -2.35. The molecule has 0 saturated heterocycles. The van der Waals surface area contributed by atoms with Crippen LogP contribution in [0.2, 0.25) is 5.02 Å². The van der Waals surface area contributed by atoms with Crippen LogP contribution in [0.15, 0.2) is 24.3 Å². The van der Waals surface area contributed by atoms with Gasteiger partial charge in [0.2, 0.25) is 0 Å². The van der Waals surface area contributed by atoms with E-state index in [0.29, 0.717) is 0 Å². The molecule has 1 N–H and O–H groups in total. The Kier molecular flexibility index (Phi) is 4.68. The molecule has 2 aliphatic rings. The van der Waals surface area contributed by atoms with E-state index in [1.54, 1.807) is 0 Å². The average Bonchev–Trinajstić information content (AvgIpc) is 3.25. The van der Waals surface area contributed by atoms with Crippen LogP contribution < -0.4 is 5.32 Å². The van der Waals surface area contributed by atoms with Crippen molar-refractivity contribution in [3.05, 3.63) is 34.9 Å². The fourth-order valence-electron chi connectivity index (χ4n) is 3.61. The molecule has 0 heterocycles. The van der Waals surface area contributed by atoms with Gasteiger partial charge in [0.15, 0.2) is 0 Å². The molecule has 2 heteroatoms. The average molecular weight is 292 g/mol. The highest BCUT2D eigenvalue weighted by atomic mass is 35.5. The molecule has 2 saturated carbocycles. The molecule has 0 amide bonds. The minimum atomic E-state index is 0.838. The van der Waals surface area contributed by atoms with Crippen LogP contribution in [-0.2, 0) is 6.42 Å². The van der Waals surface area contributed by atoms with Gasteiger partial charge in [0.25, 0.3) is 0 Å². The van der Waals surface area contributed by atoms with Crippen molar-refractivity contribution < 1.29 is 0 Å². The van der Waals surface area contributed by atoms with E-state index >= 15 is 0 Å². The van der Waals surface area contributed by atoms with E-state index in [1.165, 1.54) is 50.6 Å². The van der Waals surface area contributed by atoms with Crippen LogP contribution >= 0.6 is 11.6 Å². The third kappa shape index (κ3) is 3.99. The Bertz CT molecular complexity index is 424. The van der Waals surface area contributed by atoms with Crippen molar-refractivity contribution in [1.82, 2.24) is 5.32 Å². The summed E-state index contributed by atoms with van der Waals surface area (Å²) in [5, 5.41) is 4.59. The first-order chi connectivity index (χ1) is 9.70. The molecule has 1 nitrogen and oxygen atoms in total. The van der Waals surface area contributed by atoms with Crippen LogP contribution in [0.1, 0.15) is 44.6 Å². The summed E-state index contributed by atoms with van der Waals surface area (Å²) in [6.45, 7) is 3.65. The number of halogens is 1. The summed E-state index contributed by atoms with van der Waals surface area (Å²) in [6, 6.07) is 9.30. The lowest BCUT2D eigenvalue weighted by Crippen LogP contribution is -2.34. The molecule has 1 aromatic carbocycles. The van der Waals surface area contributed by atoms with E-state index in [4.69, 9.17) is 11.6 Å². The van der Waals surface area contributed by atoms with E-state index in [-0.39, 0.29) is 0 Å². The summed E-state index contributed by atoms with van der Waals surface area (Å²) in [4.78, 5) is 0. The highest BCUT2D eigenvalue weighted by Gasteiger charge is 2.30. The fraction of sp³-hybridized carbons (Fsp3) is 0.667. The van der Waals surface area contributed by atoms with E-state index in [9.17, 15) is 0 Å². The van der Waals surface area contributed by atoms with E-state index in [1.807, 2.05) is 12.1 Å². The van der Waals surface area contributed by atoms with Gasteiger partial charge in [-0.15, -0.1) is 0 Å². The summed E-state index contributed by atoms with van der Waals surface area (Å²) < 4.78 is 0.